The van der Waals surface area contributed by atoms with E-state index in [-0.39, 0.29) is 6.61 Å². The molecule has 1 heterocycles. The zero-order chi connectivity index (χ0) is 13.0. The first-order chi connectivity index (χ1) is 8.72. The zero-order valence-corrected chi connectivity index (χ0v) is 10.5. The van der Waals surface area contributed by atoms with Crippen molar-refractivity contribution in [1.82, 2.24) is 10.1 Å². The van der Waals surface area contributed by atoms with E-state index in [4.69, 9.17) is 20.9 Å². The average molecular weight is 267 g/mol. The van der Waals surface area contributed by atoms with Gasteiger partial charge in [0.25, 0.3) is 5.89 Å². The fourth-order valence-electron chi connectivity index (χ4n) is 1.34. The standard InChI is InChI=1S/C12H11ClN2O3/c1-2-11-14-12(18-15-11)7-17-10-4-3-8(6-16)5-9(10)13/h3-6H,2,7H2,1H3. The maximum Gasteiger partial charge on any atom is 0.264 e. The average Bonchev–Trinajstić information content (AvgIpc) is 2.85. The topological polar surface area (TPSA) is 65.2 Å². The fourth-order valence-corrected chi connectivity index (χ4v) is 1.58. The van der Waals surface area contributed by atoms with Crippen LogP contribution in [0.4, 0.5) is 0 Å². The molecule has 2 rings (SSSR count). The molecular weight excluding hydrogens is 256 g/mol. The minimum absolute atomic E-state index is 0.146. The molecule has 0 unspecified atom stereocenters. The van der Waals surface area contributed by atoms with Crippen molar-refractivity contribution in [3.05, 3.63) is 40.5 Å². The van der Waals surface area contributed by atoms with E-state index in [1.165, 1.54) is 6.07 Å². The Labute approximate surface area is 109 Å². The first kappa shape index (κ1) is 12.6. The molecule has 1 aromatic carbocycles. The first-order valence-corrected chi connectivity index (χ1v) is 5.79. The highest BCUT2D eigenvalue weighted by Crippen LogP contribution is 2.25. The summed E-state index contributed by atoms with van der Waals surface area (Å²) in [5.74, 6) is 1.50. The lowest BCUT2D eigenvalue weighted by Crippen LogP contribution is -1.97. The minimum Gasteiger partial charge on any atom is -0.482 e. The number of rotatable bonds is 5. The van der Waals surface area contributed by atoms with Gasteiger partial charge in [0.05, 0.1) is 5.02 Å². The van der Waals surface area contributed by atoms with Crippen LogP contribution >= 0.6 is 11.6 Å². The lowest BCUT2D eigenvalue weighted by atomic mass is 10.2. The third-order valence-electron chi connectivity index (χ3n) is 2.27. The summed E-state index contributed by atoms with van der Waals surface area (Å²) in [6.45, 7) is 2.08. The highest BCUT2D eigenvalue weighted by Gasteiger charge is 2.07. The molecule has 1 aromatic heterocycles. The van der Waals surface area contributed by atoms with Crippen molar-refractivity contribution in [3.8, 4) is 5.75 Å². The van der Waals surface area contributed by atoms with Crippen molar-refractivity contribution in [2.24, 2.45) is 0 Å². The van der Waals surface area contributed by atoms with E-state index in [0.717, 1.165) is 6.29 Å². The Morgan fingerprint density at radius 3 is 2.94 bits per heavy atom. The van der Waals surface area contributed by atoms with Crippen LogP contribution in [-0.2, 0) is 13.0 Å². The predicted molar refractivity (Wildman–Crippen MR) is 64.8 cm³/mol. The number of aldehydes is 1. The lowest BCUT2D eigenvalue weighted by molar-refractivity contribution is 0.112. The molecule has 0 N–H and O–H groups in total. The molecule has 94 valence electrons. The summed E-state index contributed by atoms with van der Waals surface area (Å²) in [5, 5.41) is 4.12. The van der Waals surface area contributed by atoms with Crippen molar-refractivity contribution in [1.29, 1.82) is 0 Å². The van der Waals surface area contributed by atoms with Gasteiger partial charge in [0.15, 0.2) is 12.4 Å². The number of hydrogen-bond donors (Lipinski definition) is 0. The number of nitrogens with zero attached hydrogens (tertiary/aromatic N) is 2. The second kappa shape index (κ2) is 5.64. The molecule has 0 aliphatic rings. The third-order valence-corrected chi connectivity index (χ3v) is 2.56. The second-order valence-electron chi connectivity index (χ2n) is 3.55. The Bertz CT molecular complexity index is 554. The maximum absolute atomic E-state index is 10.6. The van der Waals surface area contributed by atoms with Gasteiger partial charge in [-0.1, -0.05) is 23.7 Å². The summed E-state index contributed by atoms with van der Waals surface area (Å²) in [5.41, 5.74) is 0.499. The fraction of sp³-hybridized carbons (Fsp3) is 0.250. The number of carbonyl (C=O) groups excluding carboxylic acids is 1. The number of halogens is 1. The van der Waals surface area contributed by atoms with E-state index < -0.39 is 0 Å². The number of carbonyl (C=O) groups is 1. The summed E-state index contributed by atoms with van der Waals surface area (Å²) < 4.78 is 10.4. The molecule has 2 aromatic rings. The number of hydrogen-bond acceptors (Lipinski definition) is 5. The number of ether oxygens (including phenoxy) is 1. The molecular formula is C12H11ClN2O3. The molecule has 0 aliphatic heterocycles. The predicted octanol–water partition coefficient (Wildman–Crippen LogP) is 2.68. The molecule has 0 spiro atoms. The summed E-state index contributed by atoms with van der Waals surface area (Å²) in [6.07, 6.45) is 1.43. The normalized spacial score (nSPS) is 10.3. The van der Waals surface area contributed by atoms with Crippen molar-refractivity contribution in [3.63, 3.8) is 0 Å². The summed E-state index contributed by atoms with van der Waals surface area (Å²) in [4.78, 5) is 14.7. The zero-order valence-electron chi connectivity index (χ0n) is 9.72. The quantitative estimate of drug-likeness (QED) is 0.779. The summed E-state index contributed by atoms with van der Waals surface area (Å²) in [6, 6.07) is 4.79. The Hall–Kier alpha value is -1.88. The Morgan fingerprint density at radius 1 is 1.50 bits per heavy atom. The van der Waals surface area contributed by atoms with Gasteiger partial charge in [-0.05, 0) is 18.2 Å². The Morgan fingerprint density at radius 2 is 2.33 bits per heavy atom. The second-order valence-corrected chi connectivity index (χ2v) is 3.96. The minimum atomic E-state index is 0.146. The van der Waals surface area contributed by atoms with Crippen molar-refractivity contribution >= 4 is 17.9 Å². The van der Waals surface area contributed by atoms with E-state index in [1.54, 1.807) is 12.1 Å². The highest BCUT2D eigenvalue weighted by atomic mass is 35.5. The monoisotopic (exact) mass is 266 g/mol. The van der Waals surface area contributed by atoms with Crippen LogP contribution in [0.3, 0.4) is 0 Å². The molecule has 0 saturated carbocycles. The van der Waals surface area contributed by atoms with Crippen LogP contribution in [0.25, 0.3) is 0 Å². The van der Waals surface area contributed by atoms with Gasteiger partial charge in [0.2, 0.25) is 0 Å². The number of aromatic nitrogens is 2. The van der Waals surface area contributed by atoms with Crippen molar-refractivity contribution in [2.45, 2.75) is 20.0 Å². The van der Waals surface area contributed by atoms with Gasteiger partial charge < -0.3 is 9.26 Å². The van der Waals surface area contributed by atoms with Crippen LogP contribution in [0.5, 0.6) is 5.75 Å². The Balaban J connectivity index is 2.03. The summed E-state index contributed by atoms with van der Waals surface area (Å²) >= 11 is 5.96. The van der Waals surface area contributed by atoms with Crippen LogP contribution in [0.1, 0.15) is 29.0 Å². The van der Waals surface area contributed by atoms with Gasteiger partial charge >= 0.3 is 0 Å². The summed E-state index contributed by atoms with van der Waals surface area (Å²) in [7, 11) is 0. The molecule has 0 fully saturated rings. The van der Waals surface area contributed by atoms with Gasteiger partial charge in [0.1, 0.15) is 12.0 Å². The number of benzene rings is 1. The molecule has 0 saturated heterocycles. The van der Waals surface area contributed by atoms with Crippen molar-refractivity contribution < 1.29 is 14.1 Å². The molecule has 0 aliphatic carbocycles. The molecule has 18 heavy (non-hydrogen) atoms. The van der Waals surface area contributed by atoms with Gasteiger partial charge in [-0.25, -0.2) is 0 Å². The Kier molecular flexibility index (Phi) is 3.94. The van der Waals surface area contributed by atoms with Crippen LogP contribution in [-0.4, -0.2) is 16.4 Å². The van der Waals surface area contributed by atoms with E-state index >= 15 is 0 Å². The maximum atomic E-state index is 10.6. The molecule has 0 atom stereocenters. The lowest BCUT2D eigenvalue weighted by Gasteiger charge is -2.05. The molecule has 5 nitrogen and oxygen atoms in total. The molecule has 0 amide bonds. The first-order valence-electron chi connectivity index (χ1n) is 5.42. The van der Waals surface area contributed by atoms with Gasteiger partial charge in [-0.15, -0.1) is 0 Å². The van der Waals surface area contributed by atoms with E-state index in [1.807, 2.05) is 6.92 Å². The van der Waals surface area contributed by atoms with Crippen LogP contribution in [0.15, 0.2) is 22.7 Å². The van der Waals surface area contributed by atoms with Crippen LogP contribution in [0, 0.1) is 0 Å². The largest absolute Gasteiger partial charge is 0.482 e. The van der Waals surface area contributed by atoms with E-state index in [2.05, 4.69) is 10.1 Å². The van der Waals surface area contributed by atoms with Gasteiger partial charge in [-0.3, -0.25) is 4.79 Å². The molecule has 0 bridgehead atoms. The van der Waals surface area contributed by atoms with Gasteiger partial charge in [0, 0.05) is 12.0 Å². The van der Waals surface area contributed by atoms with Gasteiger partial charge in [-0.2, -0.15) is 4.98 Å². The highest BCUT2D eigenvalue weighted by molar-refractivity contribution is 6.32. The smallest absolute Gasteiger partial charge is 0.264 e. The molecule has 6 heteroatoms. The van der Waals surface area contributed by atoms with Crippen LogP contribution in [0.2, 0.25) is 5.02 Å². The third kappa shape index (κ3) is 2.87. The van der Waals surface area contributed by atoms with E-state index in [9.17, 15) is 4.79 Å². The van der Waals surface area contributed by atoms with E-state index in [0.29, 0.717) is 34.5 Å². The SMILES string of the molecule is CCc1noc(COc2ccc(C=O)cc2Cl)n1. The van der Waals surface area contributed by atoms with Crippen molar-refractivity contribution in [2.75, 3.05) is 0 Å². The number of aryl methyl sites for hydroxylation is 1. The van der Waals surface area contributed by atoms with Crippen LogP contribution < -0.4 is 4.74 Å². The molecule has 0 radical (unpaired) electrons.